The van der Waals surface area contributed by atoms with Crippen LogP contribution in [0.2, 0.25) is 0 Å². The SMILES string of the molecule is COC(=O)C(CO)NC(=O)C1(NC(=O)CCn2cc(C)c3ccccc32)CCNCC1. The number of aliphatic hydroxyl groups is 1. The fraction of sp³-hybridized carbons (Fsp3) is 0.500. The summed E-state index contributed by atoms with van der Waals surface area (Å²) < 4.78 is 6.65. The predicted octanol–water partition coefficient (Wildman–Crippen LogP) is 0.228. The van der Waals surface area contributed by atoms with E-state index in [-0.39, 0.29) is 12.3 Å². The lowest BCUT2D eigenvalue weighted by Crippen LogP contribution is -2.65. The predicted molar refractivity (Wildman–Crippen MR) is 115 cm³/mol. The molecule has 1 aromatic heterocycles. The van der Waals surface area contributed by atoms with E-state index in [2.05, 4.69) is 26.8 Å². The topological polar surface area (TPSA) is 122 Å². The molecule has 168 valence electrons. The molecule has 4 N–H and O–H groups in total. The highest BCUT2D eigenvalue weighted by atomic mass is 16.5. The number of rotatable bonds is 8. The number of aryl methyl sites for hydroxylation is 2. The minimum atomic E-state index is -1.17. The van der Waals surface area contributed by atoms with Crippen LogP contribution in [0.1, 0.15) is 24.8 Å². The molecule has 1 aliphatic rings. The molecule has 3 rings (SSSR count). The Labute approximate surface area is 181 Å². The fourth-order valence-electron chi connectivity index (χ4n) is 4.05. The smallest absolute Gasteiger partial charge is 0.330 e. The Morgan fingerprint density at radius 1 is 1.26 bits per heavy atom. The number of benzene rings is 1. The number of fused-ring (bicyclic) bond motifs is 1. The largest absolute Gasteiger partial charge is 0.467 e. The number of hydrogen-bond acceptors (Lipinski definition) is 6. The molecule has 9 heteroatoms. The van der Waals surface area contributed by atoms with Gasteiger partial charge in [0.25, 0.3) is 0 Å². The standard InChI is InChI=1S/C22H30N4O5/c1-15-13-26(18-6-4-3-5-16(15)18)12-7-19(28)25-22(8-10-23-11-9-22)21(30)24-17(14-27)20(29)31-2/h3-6,13,17,23,27H,7-12,14H2,1-2H3,(H,24,30)(H,25,28). The lowest BCUT2D eigenvalue weighted by Gasteiger charge is -2.37. The number of esters is 1. The number of amides is 2. The van der Waals surface area contributed by atoms with E-state index >= 15 is 0 Å². The zero-order chi connectivity index (χ0) is 22.4. The number of para-hydroxylation sites is 1. The summed E-state index contributed by atoms with van der Waals surface area (Å²) in [6, 6.07) is 6.85. The van der Waals surface area contributed by atoms with Gasteiger partial charge in [-0.3, -0.25) is 9.59 Å². The Morgan fingerprint density at radius 3 is 2.65 bits per heavy atom. The van der Waals surface area contributed by atoms with Crippen molar-refractivity contribution in [1.82, 2.24) is 20.5 Å². The number of hydrogen-bond donors (Lipinski definition) is 4. The normalized spacial score (nSPS) is 16.5. The van der Waals surface area contributed by atoms with E-state index in [1.165, 1.54) is 7.11 Å². The first-order valence-corrected chi connectivity index (χ1v) is 10.5. The molecule has 1 aliphatic heterocycles. The summed E-state index contributed by atoms with van der Waals surface area (Å²) in [5.41, 5.74) is 1.06. The second-order valence-corrected chi connectivity index (χ2v) is 7.88. The van der Waals surface area contributed by atoms with Gasteiger partial charge >= 0.3 is 5.97 Å². The maximum atomic E-state index is 13.0. The van der Waals surface area contributed by atoms with Crippen molar-refractivity contribution < 1.29 is 24.2 Å². The number of aromatic nitrogens is 1. The van der Waals surface area contributed by atoms with Crippen molar-refractivity contribution in [3.63, 3.8) is 0 Å². The van der Waals surface area contributed by atoms with Crippen molar-refractivity contribution in [2.24, 2.45) is 0 Å². The zero-order valence-electron chi connectivity index (χ0n) is 17.9. The van der Waals surface area contributed by atoms with Crippen LogP contribution in [-0.4, -0.2) is 65.8 Å². The van der Waals surface area contributed by atoms with Crippen molar-refractivity contribution in [2.75, 3.05) is 26.8 Å². The van der Waals surface area contributed by atoms with Gasteiger partial charge in [-0.1, -0.05) is 18.2 Å². The van der Waals surface area contributed by atoms with Crippen molar-refractivity contribution in [3.8, 4) is 0 Å². The van der Waals surface area contributed by atoms with Gasteiger partial charge in [0.15, 0.2) is 6.04 Å². The van der Waals surface area contributed by atoms with Crippen LogP contribution in [0, 0.1) is 6.92 Å². The third-order valence-electron chi connectivity index (χ3n) is 5.81. The molecule has 0 bridgehead atoms. The number of piperidine rings is 1. The van der Waals surface area contributed by atoms with Gasteiger partial charge in [0.05, 0.1) is 13.7 Å². The maximum Gasteiger partial charge on any atom is 0.330 e. The van der Waals surface area contributed by atoms with E-state index in [4.69, 9.17) is 0 Å². The number of ether oxygens (including phenoxy) is 1. The van der Waals surface area contributed by atoms with Crippen LogP contribution >= 0.6 is 0 Å². The van der Waals surface area contributed by atoms with E-state index in [0.29, 0.717) is 32.5 Å². The highest BCUT2D eigenvalue weighted by Gasteiger charge is 2.42. The van der Waals surface area contributed by atoms with Gasteiger partial charge < -0.3 is 30.4 Å². The van der Waals surface area contributed by atoms with Crippen LogP contribution < -0.4 is 16.0 Å². The molecule has 2 amide bonds. The molecule has 1 unspecified atom stereocenters. The van der Waals surface area contributed by atoms with Crippen molar-refractivity contribution in [3.05, 3.63) is 36.0 Å². The van der Waals surface area contributed by atoms with Crippen LogP contribution in [0.5, 0.6) is 0 Å². The third-order valence-corrected chi connectivity index (χ3v) is 5.81. The molecule has 1 saturated heterocycles. The highest BCUT2D eigenvalue weighted by Crippen LogP contribution is 2.22. The second-order valence-electron chi connectivity index (χ2n) is 7.88. The molecule has 0 aliphatic carbocycles. The summed E-state index contributed by atoms with van der Waals surface area (Å²) in [6.45, 7) is 3.04. The van der Waals surface area contributed by atoms with E-state index in [1.54, 1.807) is 0 Å². The van der Waals surface area contributed by atoms with Gasteiger partial charge in [-0.25, -0.2) is 4.79 Å². The first-order chi connectivity index (χ1) is 14.9. The average Bonchev–Trinajstić information content (AvgIpc) is 3.11. The summed E-state index contributed by atoms with van der Waals surface area (Å²) in [4.78, 5) is 37.6. The minimum absolute atomic E-state index is 0.209. The Kier molecular flexibility index (Phi) is 7.29. The summed E-state index contributed by atoms with van der Waals surface area (Å²) in [7, 11) is 1.19. The summed E-state index contributed by atoms with van der Waals surface area (Å²) in [5.74, 6) is -1.47. The summed E-state index contributed by atoms with van der Waals surface area (Å²) in [6.07, 6.45) is 3.00. The number of aliphatic hydroxyl groups excluding tert-OH is 1. The molecular formula is C22H30N4O5. The van der Waals surface area contributed by atoms with Gasteiger partial charge in [-0.15, -0.1) is 0 Å². The molecule has 1 fully saturated rings. The van der Waals surface area contributed by atoms with Crippen LogP contribution in [0.3, 0.4) is 0 Å². The molecule has 0 radical (unpaired) electrons. The van der Waals surface area contributed by atoms with Crippen molar-refractivity contribution >= 4 is 28.7 Å². The van der Waals surface area contributed by atoms with E-state index in [9.17, 15) is 19.5 Å². The molecule has 0 spiro atoms. The first-order valence-electron chi connectivity index (χ1n) is 10.5. The molecule has 0 saturated carbocycles. The second kappa shape index (κ2) is 9.93. The molecule has 9 nitrogen and oxygen atoms in total. The molecule has 2 aromatic rings. The van der Waals surface area contributed by atoms with Crippen molar-refractivity contribution in [2.45, 2.75) is 44.3 Å². The Bertz CT molecular complexity index is 949. The summed E-state index contributed by atoms with van der Waals surface area (Å²) >= 11 is 0. The number of carbonyl (C=O) groups is 3. The zero-order valence-corrected chi connectivity index (χ0v) is 17.9. The van der Waals surface area contributed by atoms with Gasteiger partial charge in [0, 0.05) is 30.1 Å². The molecule has 1 atom stereocenters. The third kappa shape index (κ3) is 5.05. The van der Waals surface area contributed by atoms with Crippen molar-refractivity contribution in [1.29, 1.82) is 0 Å². The van der Waals surface area contributed by atoms with Crippen LogP contribution in [0.4, 0.5) is 0 Å². The maximum absolute atomic E-state index is 13.0. The highest BCUT2D eigenvalue weighted by molar-refractivity contribution is 5.94. The quantitative estimate of drug-likeness (QED) is 0.445. The van der Waals surface area contributed by atoms with Crippen LogP contribution in [0.15, 0.2) is 30.5 Å². The van der Waals surface area contributed by atoms with Gasteiger partial charge in [-0.2, -0.15) is 0 Å². The average molecular weight is 431 g/mol. The number of carbonyl (C=O) groups excluding carboxylic acids is 3. The lowest BCUT2D eigenvalue weighted by atomic mass is 9.86. The number of nitrogens with zero attached hydrogens (tertiary/aromatic N) is 1. The monoisotopic (exact) mass is 430 g/mol. The Hall–Kier alpha value is -2.91. The molecule has 31 heavy (non-hydrogen) atoms. The van der Waals surface area contributed by atoms with Gasteiger partial charge in [0.2, 0.25) is 11.8 Å². The number of nitrogens with one attached hydrogen (secondary N) is 3. The Balaban J connectivity index is 1.69. The summed E-state index contributed by atoms with van der Waals surface area (Å²) in [5, 5.41) is 19.2. The van der Waals surface area contributed by atoms with Gasteiger partial charge in [-0.05, 0) is 44.5 Å². The van der Waals surface area contributed by atoms with E-state index in [0.717, 1.165) is 16.5 Å². The van der Waals surface area contributed by atoms with E-state index < -0.39 is 30.1 Å². The van der Waals surface area contributed by atoms with Crippen LogP contribution in [-0.2, 0) is 25.7 Å². The molecule has 2 heterocycles. The number of methoxy groups -OCH3 is 1. The molecular weight excluding hydrogens is 400 g/mol. The van der Waals surface area contributed by atoms with E-state index in [1.807, 2.05) is 35.9 Å². The first kappa shape index (κ1) is 22.8. The Morgan fingerprint density at radius 2 is 1.97 bits per heavy atom. The van der Waals surface area contributed by atoms with Gasteiger partial charge in [0.1, 0.15) is 5.54 Å². The lowest BCUT2D eigenvalue weighted by molar-refractivity contribution is -0.147. The minimum Gasteiger partial charge on any atom is -0.467 e. The van der Waals surface area contributed by atoms with Crippen LogP contribution in [0.25, 0.3) is 10.9 Å². The fourth-order valence-corrected chi connectivity index (χ4v) is 4.05. The molecule has 1 aromatic carbocycles.